The van der Waals surface area contributed by atoms with E-state index < -0.39 is 0 Å². The standard InChI is InChI=1S/C9H12O.C8H8O/c1-7-5-4-6-9(10-3)8(7)2;1-2-4-8-7(3-1)5-6-9-8/h4-6H,1-3H3;1-4H,5-6H2. The molecule has 0 radical (unpaired) electrons. The summed E-state index contributed by atoms with van der Waals surface area (Å²) in [5, 5.41) is 0. The fraction of sp³-hybridized carbons (Fsp3) is 0.294. The minimum absolute atomic E-state index is 0.860. The second-order valence-corrected chi connectivity index (χ2v) is 4.61. The first-order valence-corrected chi connectivity index (χ1v) is 6.53. The van der Waals surface area contributed by atoms with E-state index in [2.05, 4.69) is 26.0 Å². The van der Waals surface area contributed by atoms with E-state index in [4.69, 9.17) is 9.47 Å². The molecule has 1 aliphatic rings. The highest BCUT2D eigenvalue weighted by Gasteiger charge is 2.08. The third kappa shape index (κ3) is 3.28. The zero-order chi connectivity index (χ0) is 13.7. The molecule has 0 unspecified atom stereocenters. The lowest BCUT2D eigenvalue weighted by Gasteiger charge is -2.05. The van der Waals surface area contributed by atoms with Gasteiger partial charge in [0.05, 0.1) is 13.7 Å². The van der Waals surface area contributed by atoms with Crippen LogP contribution in [0.25, 0.3) is 0 Å². The second kappa shape index (κ2) is 6.28. The molecule has 0 atom stereocenters. The Labute approximate surface area is 115 Å². The number of aryl methyl sites for hydroxylation is 1. The maximum absolute atomic E-state index is 5.30. The van der Waals surface area contributed by atoms with Crippen LogP contribution in [0.2, 0.25) is 0 Å². The van der Waals surface area contributed by atoms with Gasteiger partial charge in [0.15, 0.2) is 0 Å². The molecule has 0 fully saturated rings. The fourth-order valence-electron chi connectivity index (χ4n) is 2.07. The van der Waals surface area contributed by atoms with Gasteiger partial charge >= 0.3 is 0 Å². The molecule has 0 N–H and O–H groups in total. The highest BCUT2D eigenvalue weighted by Crippen LogP contribution is 2.23. The van der Waals surface area contributed by atoms with Crippen molar-refractivity contribution in [1.82, 2.24) is 0 Å². The highest BCUT2D eigenvalue weighted by molar-refractivity contribution is 5.38. The number of hydrogen-bond acceptors (Lipinski definition) is 2. The summed E-state index contributed by atoms with van der Waals surface area (Å²) >= 11 is 0. The molecule has 0 saturated carbocycles. The molecule has 0 aromatic heterocycles. The smallest absolute Gasteiger partial charge is 0.122 e. The summed E-state index contributed by atoms with van der Waals surface area (Å²) in [4.78, 5) is 0. The van der Waals surface area contributed by atoms with Gasteiger partial charge in [0.25, 0.3) is 0 Å². The number of fused-ring (bicyclic) bond motifs is 1. The molecular formula is C17H20O2. The Morgan fingerprint density at radius 1 is 1.00 bits per heavy atom. The van der Waals surface area contributed by atoms with Gasteiger partial charge in [-0.2, -0.15) is 0 Å². The van der Waals surface area contributed by atoms with Crippen LogP contribution in [0, 0.1) is 13.8 Å². The fourth-order valence-corrected chi connectivity index (χ4v) is 2.07. The van der Waals surface area contributed by atoms with E-state index in [-0.39, 0.29) is 0 Å². The molecule has 0 aliphatic carbocycles. The zero-order valence-electron chi connectivity index (χ0n) is 11.8. The summed E-state index contributed by atoms with van der Waals surface area (Å²) in [6, 6.07) is 14.2. The molecule has 2 aromatic carbocycles. The van der Waals surface area contributed by atoms with Gasteiger partial charge in [-0.1, -0.05) is 30.3 Å². The minimum atomic E-state index is 0.860. The average molecular weight is 256 g/mol. The van der Waals surface area contributed by atoms with Crippen LogP contribution in [0.15, 0.2) is 42.5 Å². The summed E-state index contributed by atoms with van der Waals surface area (Å²) in [6.07, 6.45) is 1.08. The first-order valence-electron chi connectivity index (χ1n) is 6.53. The molecule has 0 bridgehead atoms. The van der Waals surface area contributed by atoms with Gasteiger partial charge < -0.3 is 9.47 Å². The van der Waals surface area contributed by atoms with Gasteiger partial charge in [0, 0.05) is 6.42 Å². The lowest BCUT2D eigenvalue weighted by atomic mass is 10.1. The van der Waals surface area contributed by atoms with Crippen molar-refractivity contribution in [2.45, 2.75) is 20.3 Å². The number of para-hydroxylation sites is 1. The van der Waals surface area contributed by atoms with Crippen molar-refractivity contribution in [2.24, 2.45) is 0 Å². The summed E-state index contributed by atoms with van der Waals surface area (Å²) in [5.41, 5.74) is 3.85. The van der Waals surface area contributed by atoms with Crippen molar-refractivity contribution >= 4 is 0 Å². The largest absolute Gasteiger partial charge is 0.496 e. The summed E-state index contributed by atoms with van der Waals surface area (Å²) < 4.78 is 10.4. The molecule has 0 amide bonds. The van der Waals surface area contributed by atoms with E-state index in [9.17, 15) is 0 Å². The van der Waals surface area contributed by atoms with Crippen LogP contribution in [-0.2, 0) is 6.42 Å². The molecule has 1 heterocycles. The van der Waals surface area contributed by atoms with E-state index in [1.807, 2.05) is 30.3 Å². The van der Waals surface area contributed by atoms with Crippen LogP contribution in [-0.4, -0.2) is 13.7 Å². The topological polar surface area (TPSA) is 18.5 Å². The summed E-state index contributed by atoms with van der Waals surface area (Å²) in [6.45, 7) is 5.01. The normalized spacial score (nSPS) is 11.9. The van der Waals surface area contributed by atoms with Crippen molar-refractivity contribution in [3.05, 3.63) is 59.2 Å². The van der Waals surface area contributed by atoms with Crippen molar-refractivity contribution in [2.75, 3.05) is 13.7 Å². The van der Waals surface area contributed by atoms with Crippen LogP contribution in [0.3, 0.4) is 0 Å². The van der Waals surface area contributed by atoms with Gasteiger partial charge in [0.2, 0.25) is 0 Å². The lowest BCUT2D eigenvalue weighted by molar-refractivity contribution is 0.357. The average Bonchev–Trinajstić information content (AvgIpc) is 2.91. The molecule has 3 rings (SSSR count). The quantitative estimate of drug-likeness (QED) is 0.769. The van der Waals surface area contributed by atoms with Crippen molar-refractivity contribution in [3.8, 4) is 11.5 Å². The number of benzene rings is 2. The zero-order valence-corrected chi connectivity index (χ0v) is 11.8. The molecule has 2 nitrogen and oxygen atoms in total. The molecule has 1 aliphatic heterocycles. The Morgan fingerprint density at radius 2 is 1.79 bits per heavy atom. The van der Waals surface area contributed by atoms with Crippen LogP contribution in [0.1, 0.15) is 16.7 Å². The third-order valence-corrected chi connectivity index (χ3v) is 3.38. The highest BCUT2D eigenvalue weighted by atomic mass is 16.5. The first kappa shape index (κ1) is 13.5. The Balaban J connectivity index is 0.000000141. The predicted molar refractivity (Wildman–Crippen MR) is 78.1 cm³/mol. The number of rotatable bonds is 1. The Kier molecular flexibility index (Phi) is 4.45. The summed E-state index contributed by atoms with van der Waals surface area (Å²) in [5.74, 6) is 2.04. The molecule has 19 heavy (non-hydrogen) atoms. The molecule has 2 aromatic rings. The number of methoxy groups -OCH3 is 1. The van der Waals surface area contributed by atoms with E-state index in [1.54, 1.807) is 7.11 Å². The van der Waals surface area contributed by atoms with Crippen LogP contribution >= 0.6 is 0 Å². The van der Waals surface area contributed by atoms with E-state index in [0.29, 0.717) is 0 Å². The monoisotopic (exact) mass is 256 g/mol. The number of hydrogen-bond donors (Lipinski definition) is 0. The molecule has 0 saturated heterocycles. The van der Waals surface area contributed by atoms with Crippen LogP contribution in [0.5, 0.6) is 11.5 Å². The second-order valence-electron chi connectivity index (χ2n) is 4.61. The van der Waals surface area contributed by atoms with Gasteiger partial charge in [-0.15, -0.1) is 0 Å². The van der Waals surface area contributed by atoms with Crippen molar-refractivity contribution in [1.29, 1.82) is 0 Å². The van der Waals surface area contributed by atoms with Crippen molar-refractivity contribution in [3.63, 3.8) is 0 Å². The lowest BCUT2D eigenvalue weighted by Crippen LogP contribution is -1.88. The first-order chi connectivity index (χ1) is 9.22. The van der Waals surface area contributed by atoms with Crippen LogP contribution < -0.4 is 9.47 Å². The maximum atomic E-state index is 5.30. The SMILES string of the molecule is COc1cccc(C)c1C.c1ccc2c(c1)CCO2. The molecule has 2 heteroatoms. The van der Waals surface area contributed by atoms with Gasteiger partial charge in [-0.25, -0.2) is 0 Å². The van der Waals surface area contributed by atoms with Crippen LogP contribution in [0.4, 0.5) is 0 Å². The van der Waals surface area contributed by atoms with Gasteiger partial charge in [0.1, 0.15) is 11.5 Å². The maximum Gasteiger partial charge on any atom is 0.122 e. The molecule has 0 spiro atoms. The summed E-state index contributed by atoms with van der Waals surface area (Å²) in [7, 11) is 1.70. The Morgan fingerprint density at radius 3 is 2.47 bits per heavy atom. The Hall–Kier alpha value is -1.96. The van der Waals surface area contributed by atoms with Gasteiger partial charge in [-0.05, 0) is 42.7 Å². The van der Waals surface area contributed by atoms with E-state index in [0.717, 1.165) is 24.5 Å². The van der Waals surface area contributed by atoms with E-state index in [1.165, 1.54) is 16.7 Å². The molecule has 100 valence electrons. The predicted octanol–water partition coefficient (Wildman–Crippen LogP) is 3.93. The van der Waals surface area contributed by atoms with Gasteiger partial charge in [-0.3, -0.25) is 0 Å². The van der Waals surface area contributed by atoms with Crippen molar-refractivity contribution < 1.29 is 9.47 Å². The Bertz CT molecular complexity index is 524. The number of ether oxygens (including phenoxy) is 2. The molecular weight excluding hydrogens is 236 g/mol. The minimum Gasteiger partial charge on any atom is -0.496 e. The van der Waals surface area contributed by atoms with E-state index >= 15 is 0 Å². The third-order valence-electron chi connectivity index (χ3n) is 3.38.